The number of nitrogens with one attached hydrogen (secondary N) is 1. The van der Waals surface area contributed by atoms with Crippen LogP contribution in [0.15, 0.2) is 0 Å². The minimum Gasteiger partial charge on any atom is -0.308 e. The second kappa shape index (κ2) is 5.57. The molecule has 13 heavy (non-hydrogen) atoms. The Hall–Kier alpha value is -0.130. The van der Waals surface area contributed by atoms with Gasteiger partial charge in [0.25, 0.3) is 0 Å². The molecule has 0 aromatic rings. The number of rotatable bonds is 6. The zero-order chi connectivity index (χ0) is 10.5. The molecule has 0 aromatic heterocycles. The van der Waals surface area contributed by atoms with Crippen LogP contribution >= 0.6 is 0 Å². The Bertz CT molecular complexity index is 224. The maximum absolute atomic E-state index is 11.4. The van der Waals surface area contributed by atoms with Crippen LogP contribution in [0.2, 0.25) is 0 Å². The highest BCUT2D eigenvalue weighted by molar-refractivity contribution is 7.90. The van der Waals surface area contributed by atoms with Crippen LogP contribution in [0.1, 0.15) is 20.3 Å². The third kappa shape index (κ3) is 5.23. The Kier molecular flexibility index (Phi) is 5.51. The normalized spacial score (nSPS) is 14.8. The molecule has 0 aromatic carbocycles. The molecule has 0 saturated heterocycles. The molecule has 0 saturated carbocycles. The predicted molar refractivity (Wildman–Crippen MR) is 55.2 cm³/mol. The Labute approximate surface area is 81.4 Å². The van der Waals surface area contributed by atoms with Gasteiger partial charge in [0.15, 0.2) is 0 Å². The molecule has 0 spiro atoms. The lowest BCUT2D eigenvalue weighted by Gasteiger charge is -2.14. The second-order valence-electron chi connectivity index (χ2n) is 3.46. The van der Waals surface area contributed by atoms with Crippen molar-refractivity contribution in [3.05, 3.63) is 0 Å². The molecule has 0 aliphatic carbocycles. The highest BCUT2D eigenvalue weighted by Gasteiger charge is 2.17. The van der Waals surface area contributed by atoms with Crippen LogP contribution < -0.4 is 4.72 Å². The summed E-state index contributed by atoms with van der Waals surface area (Å²) in [5.41, 5.74) is 0. The van der Waals surface area contributed by atoms with E-state index in [0.29, 0.717) is 13.0 Å². The summed E-state index contributed by atoms with van der Waals surface area (Å²) in [6, 6.07) is 0. The molecule has 0 bridgehead atoms. The third-order valence-electron chi connectivity index (χ3n) is 1.97. The monoisotopic (exact) mass is 208 g/mol. The fourth-order valence-corrected chi connectivity index (χ4v) is 1.87. The van der Waals surface area contributed by atoms with Gasteiger partial charge in [-0.3, -0.25) is 0 Å². The van der Waals surface area contributed by atoms with Gasteiger partial charge in [-0.05, 0) is 27.4 Å². The lowest BCUT2D eigenvalue weighted by molar-refractivity contribution is 0.412. The van der Waals surface area contributed by atoms with Crippen LogP contribution in [0.5, 0.6) is 0 Å². The van der Waals surface area contributed by atoms with Crippen molar-refractivity contribution in [2.24, 2.45) is 0 Å². The van der Waals surface area contributed by atoms with Crippen molar-refractivity contribution in [1.29, 1.82) is 0 Å². The highest BCUT2D eigenvalue weighted by atomic mass is 32.2. The number of sulfonamides is 1. The number of hydrogen-bond acceptors (Lipinski definition) is 3. The van der Waals surface area contributed by atoms with Gasteiger partial charge in [-0.1, -0.05) is 6.92 Å². The number of nitrogens with zero attached hydrogens (tertiary/aromatic N) is 1. The van der Waals surface area contributed by atoms with Gasteiger partial charge in [0.1, 0.15) is 0 Å². The molecule has 0 aliphatic rings. The lowest BCUT2D eigenvalue weighted by atomic mass is 10.4. The Morgan fingerprint density at radius 1 is 1.38 bits per heavy atom. The van der Waals surface area contributed by atoms with E-state index in [1.807, 2.05) is 25.9 Å². The van der Waals surface area contributed by atoms with Crippen LogP contribution in [0.4, 0.5) is 0 Å². The van der Waals surface area contributed by atoms with E-state index in [1.165, 1.54) is 0 Å². The summed E-state index contributed by atoms with van der Waals surface area (Å²) in [5.74, 6) is 0. The van der Waals surface area contributed by atoms with Gasteiger partial charge in [-0.15, -0.1) is 0 Å². The first-order chi connectivity index (χ1) is 5.90. The maximum atomic E-state index is 11.4. The van der Waals surface area contributed by atoms with Crippen molar-refractivity contribution < 1.29 is 8.42 Å². The van der Waals surface area contributed by atoms with E-state index in [0.717, 1.165) is 6.54 Å². The van der Waals surface area contributed by atoms with Gasteiger partial charge in [0, 0.05) is 13.1 Å². The standard InChI is InChI=1S/C8H20N2O2S/c1-5-8(2)13(11,12)9-6-7-10(3)4/h8-9H,5-7H2,1-4H3. The maximum Gasteiger partial charge on any atom is 0.214 e. The average molecular weight is 208 g/mol. The van der Waals surface area contributed by atoms with E-state index >= 15 is 0 Å². The summed E-state index contributed by atoms with van der Waals surface area (Å²) in [5, 5.41) is -0.297. The predicted octanol–water partition coefficient (Wildman–Crippen LogP) is 0.266. The van der Waals surface area contributed by atoms with Gasteiger partial charge < -0.3 is 4.90 Å². The van der Waals surface area contributed by atoms with Gasteiger partial charge in [0.05, 0.1) is 5.25 Å². The molecule has 0 amide bonds. The molecule has 80 valence electrons. The first-order valence-corrected chi connectivity index (χ1v) is 6.08. The topological polar surface area (TPSA) is 49.4 Å². The van der Waals surface area contributed by atoms with Crippen molar-refractivity contribution in [2.45, 2.75) is 25.5 Å². The van der Waals surface area contributed by atoms with E-state index in [1.54, 1.807) is 6.92 Å². The Morgan fingerprint density at radius 2 is 1.92 bits per heavy atom. The molecule has 1 atom stereocenters. The number of likely N-dealkylation sites (N-methyl/N-ethyl adjacent to an activating group) is 1. The summed E-state index contributed by atoms with van der Waals surface area (Å²) < 4.78 is 25.4. The van der Waals surface area contributed by atoms with Crippen molar-refractivity contribution in [3.8, 4) is 0 Å². The lowest BCUT2D eigenvalue weighted by Crippen LogP contribution is -2.36. The van der Waals surface area contributed by atoms with E-state index in [-0.39, 0.29) is 5.25 Å². The molecular formula is C8H20N2O2S. The van der Waals surface area contributed by atoms with Crippen LogP contribution in [-0.4, -0.2) is 45.8 Å². The van der Waals surface area contributed by atoms with E-state index < -0.39 is 10.0 Å². The van der Waals surface area contributed by atoms with Gasteiger partial charge >= 0.3 is 0 Å². The van der Waals surface area contributed by atoms with Crippen LogP contribution in [-0.2, 0) is 10.0 Å². The zero-order valence-electron chi connectivity index (χ0n) is 8.87. The number of hydrogen-bond donors (Lipinski definition) is 1. The van der Waals surface area contributed by atoms with Crippen molar-refractivity contribution >= 4 is 10.0 Å². The summed E-state index contributed by atoms with van der Waals surface area (Å²) in [7, 11) is 0.746. The molecule has 0 aliphatic heterocycles. The summed E-state index contributed by atoms with van der Waals surface area (Å²) in [4.78, 5) is 1.94. The fraction of sp³-hybridized carbons (Fsp3) is 1.00. The summed E-state index contributed by atoms with van der Waals surface area (Å²) >= 11 is 0. The molecule has 0 radical (unpaired) electrons. The SMILES string of the molecule is CCC(C)S(=O)(=O)NCCN(C)C. The minimum atomic E-state index is -3.08. The molecule has 4 nitrogen and oxygen atoms in total. The van der Waals surface area contributed by atoms with Crippen LogP contribution in [0.3, 0.4) is 0 Å². The molecule has 0 fully saturated rings. The molecule has 0 heterocycles. The quantitative estimate of drug-likeness (QED) is 0.681. The molecule has 1 unspecified atom stereocenters. The first-order valence-electron chi connectivity index (χ1n) is 4.53. The Balaban J connectivity index is 3.91. The Morgan fingerprint density at radius 3 is 2.31 bits per heavy atom. The molecular weight excluding hydrogens is 188 g/mol. The van der Waals surface area contributed by atoms with E-state index in [2.05, 4.69) is 4.72 Å². The first kappa shape index (κ1) is 12.9. The third-order valence-corrected chi connectivity index (χ3v) is 3.97. The fourth-order valence-electron chi connectivity index (χ4n) is 0.773. The van der Waals surface area contributed by atoms with Crippen molar-refractivity contribution in [3.63, 3.8) is 0 Å². The highest BCUT2D eigenvalue weighted by Crippen LogP contribution is 2.01. The van der Waals surface area contributed by atoms with Gasteiger partial charge in [-0.2, -0.15) is 0 Å². The van der Waals surface area contributed by atoms with Gasteiger partial charge in [-0.25, -0.2) is 13.1 Å². The van der Waals surface area contributed by atoms with Crippen molar-refractivity contribution in [2.75, 3.05) is 27.2 Å². The van der Waals surface area contributed by atoms with Crippen LogP contribution in [0.25, 0.3) is 0 Å². The zero-order valence-corrected chi connectivity index (χ0v) is 9.69. The van der Waals surface area contributed by atoms with E-state index in [9.17, 15) is 8.42 Å². The molecule has 0 rings (SSSR count). The van der Waals surface area contributed by atoms with Crippen LogP contribution in [0, 0.1) is 0 Å². The second-order valence-corrected chi connectivity index (χ2v) is 5.64. The largest absolute Gasteiger partial charge is 0.308 e. The summed E-state index contributed by atoms with van der Waals surface area (Å²) in [6.07, 6.45) is 0.650. The average Bonchev–Trinajstić information content (AvgIpc) is 2.01. The van der Waals surface area contributed by atoms with Crippen molar-refractivity contribution in [1.82, 2.24) is 9.62 Å². The molecule has 5 heteroatoms. The molecule has 1 N–H and O–H groups in total. The summed E-state index contributed by atoms with van der Waals surface area (Å²) in [6.45, 7) is 4.81. The van der Waals surface area contributed by atoms with Gasteiger partial charge in [0.2, 0.25) is 10.0 Å². The van der Waals surface area contributed by atoms with E-state index in [4.69, 9.17) is 0 Å². The smallest absolute Gasteiger partial charge is 0.214 e. The minimum absolute atomic E-state index is 0.297.